The van der Waals surface area contributed by atoms with E-state index in [9.17, 15) is 4.79 Å². The van der Waals surface area contributed by atoms with Gasteiger partial charge in [-0.15, -0.1) is 0 Å². The largest absolute Gasteiger partial charge is 0.464 e. The van der Waals surface area contributed by atoms with Crippen molar-refractivity contribution in [1.82, 2.24) is 0 Å². The number of amides is 1. The van der Waals surface area contributed by atoms with Crippen LogP contribution in [0.15, 0.2) is 71.3 Å². The minimum absolute atomic E-state index is 0.126. The zero-order valence-electron chi connectivity index (χ0n) is 12.8. The Kier molecular flexibility index (Phi) is 3.71. The minimum Gasteiger partial charge on any atom is -0.464 e. The molecule has 0 aliphatic carbocycles. The molecule has 0 fully saturated rings. The summed E-state index contributed by atoms with van der Waals surface area (Å²) in [5.74, 6) is -0.126. The van der Waals surface area contributed by atoms with Gasteiger partial charge in [-0.25, -0.2) is 0 Å². The lowest BCUT2D eigenvalue weighted by Gasteiger charge is -2.07. The molecule has 0 bridgehead atoms. The summed E-state index contributed by atoms with van der Waals surface area (Å²) >= 11 is 6.09. The summed E-state index contributed by atoms with van der Waals surface area (Å²) in [5, 5.41) is 6.57. The highest BCUT2D eigenvalue weighted by molar-refractivity contribution is 6.33. The van der Waals surface area contributed by atoms with Gasteiger partial charge >= 0.3 is 0 Å². The standard InChI is InChI=1S/C20H14ClNO2/c21-16-7-3-4-8-17(16)22-19(23)11-14-12-24-18-10-9-13-5-1-2-6-15(13)20(14)18/h1-10,12H,11H2,(H,22,23). The van der Waals surface area contributed by atoms with E-state index in [0.717, 1.165) is 27.3 Å². The van der Waals surface area contributed by atoms with Crippen LogP contribution in [0.4, 0.5) is 5.69 Å². The first-order valence-electron chi connectivity index (χ1n) is 7.64. The molecule has 3 nitrogen and oxygen atoms in total. The number of nitrogens with one attached hydrogen (secondary N) is 1. The zero-order chi connectivity index (χ0) is 16.5. The van der Waals surface area contributed by atoms with Gasteiger partial charge in [-0.3, -0.25) is 4.79 Å². The van der Waals surface area contributed by atoms with Crippen molar-refractivity contribution in [2.45, 2.75) is 6.42 Å². The molecule has 0 radical (unpaired) electrons. The van der Waals surface area contributed by atoms with Crippen LogP contribution in [0.3, 0.4) is 0 Å². The SMILES string of the molecule is O=C(Cc1coc2ccc3ccccc3c12)Nc1ccccc1Cl. The van der Waals surface area contributed by atoms with Gasteiger partial charge in [0.1, 0.15) is 5.58 Å². The third-order valence-electron chi connectivity index (χ3n) is 4.04. The normalized spacial score (nSPS) is 11.0. The number of para-hydroxylation sites is 1. The second-order valence-corrected chi connectivity index (χ2v) is 6.03. The van der Waals surface area contributed by atoms with Crippen molar-refractivity contribution in [2.24, 2.45) is 0 Å². The topological polar surface area (TPSA) is 42.2 Å². The fourth-order valence-electron chi connectivity index (χ4n) is 2.93. The lowest BCUT2D eigenvalue weighted by atomic mass is 10.0. The maximum absolute atomic E-state index is 12.4. The van der Waals surface area contributed by atoms with Gasteiger partial charge < -0.3 is 9.73 Å². The van der Waals surface area contributed by atoms with E-state index in [1.54, 1.807) is 18.4 Å². The van der Waals surface area contributed by atoms with Crippen LogP contribution in [0.5, 0.6) is 0 Å². The number of carbonyl (C=O) groups excluding carboxylic acids is 1. The van der Waals surface area contributed by atoms with Crippen molar-refractivity contribution >= 4 is 44.9 Å². The Morgan fingerprint density at radius 1 is 1.00 bits per heavy atom. The smallest absolute Gasteiger partial charge is 0.228 e. The predicted octanol–water partition coefficient (Wildman–Crippen LogP) is 5.42. The van der Waals surface area contributed by atoms with Crippen LogP contribution in [-0.2, 0) is 11.2 Å². The number of furan rings is 1. The second-order valence-electron chi connectivity index (χ2n) is 5.63. The fourth-order valence-corrected chi connectivity index (χ4v) is 3.12. The molecule has 0 saturated carbocycles. The first-order valence-corrected chi connectivity index (χ1v) is 8.02. The van der Waals surface area contributed by atoms with Crippen LogP contribution in [0.1, 0.15) is 5.56 Å². The molecule has 1 N–H and O–H groups in total. The molecule has 0 atom stereocenters. The lowest BCUT2D eigenvalue weighted by Crippen LogP contribution is -2.14. The third-order valence-corrected chi connectivity index (χ3v) is 4.37. The summed E-state index contributed by atoms with van der Waals surface area (Å²) in [6.07, 6.45) is 1.88. The monoisotopic (exact) mass is 335 g/mol. The molecule has 0 saturated heterocycles. The first kappa shape index (κ1) is 14.8. The molecule has 3 aromatic carbocycles. The summed E-state index contributed by atoms with van der Waals surface area (Å²) in [4.78, 5) is 12.4. The van der Waals surface area contributed by atoms with Gasteiger partial charge in [0.05, 0.1) is 23.4 Å². The average molecular weight is 336 g/mol. The van der Waals surface area contributed by atoms with Gasteiger partial charge in [-0.2, -0.15) is 0 Å². The Bertz CT molecular complexity index is 1050. The Hall–Kier alpha value is -2.78. The molecule has 0 aliphatic heterocycles. The summed E-state index contributed by atoms with van der Waals surface area (Å²) in [6.45, 7) is 0. The molecule has 4 rings (SSSR count). The number of rotatable bonds is 3. The third kappa shape index (κ3) is 2.63. The van der Waals surface area contributed by atoms with Crippen molar-refractivity contribution < 1.29 is 9.21 Å². The van der Waals surface area contributed by atoms with Gasteiger partial charge in [0.15, 0.2) is 0 Å². The van der Waals surface area contributed by atoms with Gasteiger partial charge in [0, 0.05) is 10.9 Å². The molecule has 4 heteroatoms. The summed E-state index contributed by atoms with van der Waals surface area (Å²) < 4.78 is 5.63. The molecule has 1 heterocycles. The minimum atomic E-state index is -0.126. The quantitative estimate of drug-likeness (QED) is 0.543. The Balaban J connectivity index is 1.68. The van der Waals surface area contributed by atoms with Crippen LogP contribution >= 0.6 is 11.6 Å². The van der Waals surface area contributed by atoms with Gasteiger partial charge in [0.25, 0.3) is 0 Å². The van der Waals surface area contributed by atoms with Crippen molar-refractivity contribution in [3.8, 4) is 0 Å². The van der Waals surface area contributed by atoms with Crippen LogP contribution in [0.2, 0.25) is 5.02 Å². The van der Waals surface area contributed by atoms with Crippen LogP contribution in [0, 0.1) is 0 Å². The number of hydrogen-bond acceptors (Lipinski definition) is 2. The molecule has 0 spiro atoms. The van der Waals surface area contributed by atoms with E-state index in [-0.39, 0.29) is 12.3 Å². The molecule has 24 heavy (non-hydrogen) atoms. The van der Waals surface area contributed by atoms with Crippen LogP contribution in [0.25, 0.3) is 21.7 Å². The van der Waals surface area contributed by atoms with Gasteiger partial charge in [0.2, 0.25) is 5.91 Å². The number of hydrogen-bond donors (Lipinski definition) is 1. The average Bonchev–Trinajstić information content (AvgIpc) is 3.00. The van der Waals surface area contributed by atoms with E-state index < -0.39 is 0 Å². The second kappa shape index (κ2) is 6.02. The number of carbonyl (C=O) groups is 1. The summed E-state index contributed by atoms with van der Waals surface area (Å²) in [5.41, 5.74) is 2.27. The highest BCUT2D eigenvalue weighted by Gasteiger charge is 2.14. The van der Waals surface area contributed by atoms with Crippen molar-refractivity contribution in [2.75, 3.05) is 5.32 Å². The Labute approximate surface area is 143 Å². The fraction of sp³-hybridized carbons (Fsp3) is 0.0500. The summed E-state index contributed by atoms with van der Waals surface area (Å²) in [7, 11) is 0. The van der Waals surface area contributed by atoms with E-state index in [4.69, 9.17) is 16.0 Å². The molecule has 4 aromatic rings. The van der Waals surface area contributed by atoms with E-state index in [1.165, 1.54) is 0 Å². The molecule has 0 unspecified atom stereocenters. The van der Waals surface area contributed by atoms with E-state index in [1.807, 2.05) is 42.5 Å². The lowest BCUT2D eigenvalue weighted by molar-refractivity contribution is -0.115. The Morgan fingerprint density at radius 3 is 2.67 bits per heavy atom. The number of benzene rings is 3. The highest BCUT2D eigenvalue weighted by atomic mass is 35.5. The zero-order valence-corrected chi connectivity index (χ0v) is 13.5. The van der Waals surface area contributed by atoms with Crippen molar-refractivity contribution in [3.05, 3.63) is 77.5 Å². The number of halogens is 1. The maximum Gasteiger partial charge on any atom is 0.228 e. The molecule has 118 valence electrons. The predicted molar refractivity (Wildman–Crippen MR) is 97.5 cm³/mol. The summed E-state index contributed by atoms with van der Waals surface area (Å²) in [6, 6.07) is 19.2. The van der Waals surface area contributed by atoms with Crippen LogP contribution < -0.4 is 5.32 Å². The molecular weight excluding hydrogens is 322 g/mol. The van der Waals surface area contributed by atoms with Crippen molar-refractivity contribution in [3.63, 3.8) is 0 Å². The van der Waals surface area contributed by atoms with Crippen LogP contribution in [-0.4, -0.2) is 5.91 Å². The Morgan fingerprint density at radius 2 is 1.79 bits per heavy atom. The maximum atomic E-state index is 12.4. The van der Waals surface area contributed by atoms with E-state index in [0.29, 0.717) is 10.7 Å². The van der Waals surface area contributed by atoms with E-state index >= 15 is 0 Å². The number of fused-ring (bicyclic) bond motifs is 3. The molecular formula is C20H14ClNO2. The van der Waals surface area contributed by atoms with E-state index in [2.05, 4.69) is 11.4 Å². The van der Waals surface area contributed by atoms with Gasteiger partial charge in [-0.1, -0.05) is 54.1 Å². The highest BCUT2D eigenvalue weighted by Crippen LogP contribution is 2.30. The van der Waals surface area contributed by atoms with Crippen molar-refractivity contribution in [1.29, 1.82) is 0 Å². The number of anilines is 1. The first-order chi connectivity index (χ1) is 11.7. The molecule has 1 aromatic heterocycles. The van der Waals surface area contributed by atoms with Gasteiger partial charge in [-0.05, 0) is 29.0 Å². The molecule has 0 aliphatic rings. The molecule has 1 amide bonds.